The van der Waals surface area contributed by atoms with Crippen molar-refractivity contribution in [3.8, 4) is 0 Å². The van der Waals surface area contributed by atoms with E-state index in [1.54, 1.807) is 0 Å². The minimum Gasteiger partial charge on any atom is -0.334 e. The van der Waals surface area contributed by atoms with E-state index in [0.29, 0.717) is 18.7 Å². The molecule has 0 radical (unpaired) electrons. The first kappa shape index (κ1) is 18.8. The van der Waals surface area contributed by atoms with Crippen LogP contribution in [0.1, 0.15) is 23.5 Å². The van der Waals surface area contributed by atoms with Crippen molar-refractivity contribution in [2.24, 2.45) is 5.92 Å². The molecule has 2 heterocycles. The number of fused-ring (bicyclic) bond motifs is 1. The summed E-state index contributed by atoms with van der Waals surface area (Å²) in [5.41, 5.74) is -0.719. The van der Waals surface area contributed by atoms with Gasteiger partial charge in [-0.25, -0.2) is 22.5 Å². The highest BCUT2D eigenvalue weighted by Crippen LogP contribution is 2.30. The number of hydrogen-bond donors (Lipinski definition) is 1. The van der Waals surface area contributed by atoms with Crippen LogP contribution in [0.5, 0.6) is 0 Å². The van der Waals surface area contributed by atoms with Crippen molar-refractivity contribution in [1.29, 1.82) is 0 Å². The zero-order chi connectivity index (χ0) is 19.1. The second-order valence-corrected chi connectivity index (χ2v) is 8.13. The summed E-state index contributed by atoms with van der Waals surface area (Å²) in [6, 6.07) is 3.50. The maximum absolute atomic E-state index is 13.3. The number of rotatable bonds is 4. The SMILES string of the molecule is Cc1cc(S(=O)(=O)NCC2CCc3nc(C(F)(F)F)cn3C2)ccc1F. The van der Waals surface area contributed by atoms with Gasteiger partial charge in [0.1, 0.15) is 11.6 Å². The molecule has 0 saturated carbocycles. The van der Waals surface area contributed by atoms with Crippen LogP contribution in [0.3, 0.4) is 0 Å². The van der Waals surface area contributed by atoms with Crippen LogP contribution in [-0.2, 0) is 29.2 Å². The summed E-state index contributed by atoms with van der Waals surface area (Å²) >= 11 is 0. The topological polar surface area (TPSA) is 64.0 Å². The molecule has 1 aliphatic rings. The fraction of sp³-hybridized carbons (Fsp3) is 0.438. The summed E-state index contributed by atoms with van der Waals surface area (Å²) in [6.07, 6.45) is -2.67. The first-order valence-corrected chi connectivity index (χ1v) is 9.43. The van der Waals surface area contributed by atoms with Crippen molar-refractivity contribution in [1.82, 2.24) is 14.3 Å². The fourth-order valence-corrected chi connectivity index (χ4v) is 4.11. The van der Waals surface area contributed by atoms with Crippen LogP contribution in [0.15, 0.2) is 29.3 Å². The number of aryl methyl sites for hydroxylation is 2. The summed E-state index contributed by atoms with van der Waals surface area (Å²) in [5, 5.41) is 0. The second kappa shape index (κ2) is 6.66. The number of halogens is 4. The number of nitrogens with one attached hydrogen (secondary N) is 1. The molecule has 26 heavy (non-hydrogen) atoms. The van der Waals surface area contributed by atoms with Gasteiger partial charge in [0.05, 0.1) is 4.90 Å². The van der Waals surface area contributed by atoms with E-state index in [-0.39, 0.29) is 29.5 Å². The number of aromatic nitrogens is 2. The highest BCUT2D eigenvalue weighted by atomic mass is 32.2. The van der Waals surface area contributed by atoms with Crippen LogP contribution >= 0.6 is 0 Å². The van der Waals surface area contributed by atoms with Gasteiger partial charge in [0.15, 0.2) is 5.69 Å². The van der Waals surface area contributed by atoms with Gasteiger partial charge >= 0.3 is 6.18 Å². The quantitative estimate of drug-likeness (QED) is 0.816. The molecule has 0 bridgehead atoms. The molecule has 1 aromatic heterocycles. The van der Waals surface area contributed by atoms with Crippen molar-refractivity contribution in [3.63, 3.8) is 0 Å². The van der Waals surface area contributed by atoms with Crippen LogP contribution in [0.4, 0.5) is 17.6 Å². The number of benzene rings is 1. The standard InChI is InChI=1S/C16H17F4N3O2S/c1-10-6-12(3-4-13(10)17)26(24,25)21-7-11-2-5-15-22-14(16(18,19)20)9-23(15)8-11/h3-4,6,9,11,21H,2,5,7-8H2,1H3. The Morgan fingerprint density at radius 2 is 2.08 bits per heavy atom. The second-order valence-electron chi connectivity index (χ2n) is 6.36. The normalized spacial score (nSPS) is 18.0. The van der Waals surface area contributed by atoms with E-state index >= 15 is 0 Å². The molecular weight excluding hydrogens is 374 g/mol. The lowest BCUT2D eigenvalue weighted by atomic mass is 10.00. The van der Waals surface area contributed by atoms with Gasteiger partial charge in [0.25, 0.3) is 0 Å². The maximum atomic E-state index is 13.3. The Hall–Kier alpha value is -1.94. The van der Waals surface area contributed by atoms with Crippen LogP contribution < -0.4 is 4.72 Å². The van der Waals surface area contributed by atoms with E-state index in [1.807, 2.05) is 0 Å². The van der Waals surface area contributed by atoms with E-state index < -0.39 is 27.7 Å². The lowest BCUT2D eigenvalue weighted by Gasteiger charge is -2.23. The summed E-state index contributed by atoms with van der Waals surface area (Å²) in [6.45, 7) is 1.80. The molecule has 10 heteroatoms. The third-order valence-corrected chi connectivity index (χ3v) is 5.80. The van der Waals surface area contributed by atoms with Gasteiger partial charge < -0.3 is 4.57 Å². The first-order chi connectivity index (χ1) is 12.1. The average Bonchev–Trinajstić information content (AvgIpc) is 2.99. The number of imidazole rings is 1. The molecule has 0 aliphatic carbocycles. The third-order valence-electron chi connectivity index (χ3n) is 4.38. The van der Waals surface area contributed by atoms with Gasteiger partial charge in [-0.2, -0.15) is 13.2 Å². The van der Waals surface area contributed by atoms with Gasteiger partial charge in [-0.1, -0.05) is 0 Å². The highest BCUT2D eigenvalue weighted by Gasteiger charge is 2.35. The molecule has 1 N–H and O–H groups in total. The van der Waals surface area contributed by atoms with E-state index in [9.17, 15) is 26.0 Å². The minimum absolute atomic E-state index is 0.0464. The fourth-order valence-electron chi connectivity index (χ4n) is 2.91. The lowest BCUT2D eigenvalue weighted by Crippen LogP contribution is -2.33. The van der Waals surface area contributed by atoms with Gasteiger partial charge in [0.2, 0.25) is 10.0 Å². The molecule has 0 saturated heterocycles. The molecule has 2 aromatic rings. The molecule has 1 unspecified atom stereocenters. The Bertz CT molecular complexity index is 922. The summed E-state index contributed by atoms with van der Waals surface area (Å²) < 4.78 is 80.0. The lowest BCUT2D eigenvalue weighted by molar-refractivity contribution is -0.141. The van der Waals surface area contributed by atoms with E-state index in [2.05, 4.69) is 9.71 Å². The molecule has 0 spiro atoms. The molecule has 1 aliphatic heterocycles. The largest absolute Gasteiger partial charge is 0.434 e. The Balaban J connectivity index is 1.67. The zero-order valence-corrected chi connectivity index (χ0v) is 14.7. The van der Waals surface area contributed by atoms with Crippen LogP contribution in [-0.4, -0.2) is 24.5 Å². The Morgan fingerprint density at radius 1 is 1.35 bits per heavy atom. The molecule has 5 nitrogen and oxygen atoms in total. The van der Waals surface area contributed by atoms with Crippen molar-refractivity contribution in [3.05, 3.63) is 47.3 Å². The summed E-state index contributed by atoms with van der Waals surface area (Å²) in [4.78, 5) is 3.55. The van der Waals surface area contributed by atoms with E-state index in [1.165, 1.54) is 23.6 Å². The molecule has 1 aromatic carbocycles. The number of sulfonamides is 1. The third kappa shape index (κ3) is 3.90. The average molecular weight is 391 g/mol. The predicted molar refractivity (Wildman–Crippen MR) is 85.4 cm³/mol. The molecule has 1 atom stereocenters. The van der Waals surface area contributed by atoms with Gasteiger partial charge in [-0.3, -0.25) is 0 Å². The minimum atomic E-state index is -4.50. The van der Waals surface area contributed by atoms with Gasteiger partial charge in [-0.15, -0.1) is 0 Å². The van der Waals surface area contributed by atoms with Crippen LogP contribution in [0, 0.1) is 18.7 Å². The van der Waals surface area contributed by atoms with Gasteiger partial charge in [-0.05, 0) is 43.0 Å². The predicted octanol–water partition coefficient (Wildman–Crippen LogP) is 2.89. The molecule has 3 rings (SSSR count). The first-order valence-electron chi connectivity index (χ1n) is 7.95. The Kier molecular flexibility index (Phi) is 4.82. The smallest absolute Gasteiger partial charge is 0.334 e. The number of alkyl halides is 3. The van der Waals surface area contributed by atoms with E-state index in [4.69, 9.17) is 0 Å². The summed E-state index contributed by atoms with van der Waals surface area (Å²) in [5.74, 6) is -0.302. The van der Waals surface area contributed by atoms with Gasteiger partial charge in [0, 0.05) is 25.7 Å². The molecular formula is C16H17F4N3O2S. The molecule has 142 valence electrons. The zero-order valence-electron chi connectivity index (χ0n) is 13.8. The molecule has 0 fully saturated rings. The monoisotopic (exact) mass is 391 g/mol. The Labute approximate surface area is 148 Å². The molecule has 0 amide bonds. The van der Waals surface area contributed by atoms with Crippen molar-refractivity contribution < 1.29 is 26.0 Å². The highest BCUT2D eigenvalue weighted by molar-refractivity contribution is 7.89. The van der Waals surface area contributed by atoms with Crippen molar-refractivity contribution in [2.45, 2.75) is 37.4 Å². The maximum Gasteiger partial charge on any atom is 0.434 e. The van der Waals surface area contributed by atoms with E-state index in [0.717, 1.165) is 12.3 Å². The number of nitrogens with zero attached hydrogens (tertiary/aromatic N) is 2. The van der Waals surface area contributed by atoms with Crippen LogP contribution in [0.25, 0.3) is 0 Å². The Morgan fingerprint density at radius 3 is 2.73 bits per heavy atom. The van der Waals surface area contributed by atoms with Crippen molar-refractivity contribution in [2.75, 3.05) is 6.54 Å². The van der Waals surface area contributed by atoms with Crippen molar-refractivity contribution >= 4 is 10.0 Å². The summed E-state index contributed by atoms with van der Waals surface area (Å²) in [7, 11) is -3.82. The number of hydrogen-bond acceptors (Lipinski definition) is 3. The van der Waals surface area contributed by atoms with Crippen LogP contribution in [0.2, 0.25) is 0 Å².